The molecule has 2 aromatic rings. The van der Waals surface area contributed by atoms with Crippen LogP contribution in [0, 0.1) is 0 Å². The number of hydrogen-bond donors (Lipinski definition) is 2. The summed E-state index contributed by atoms with van der Waals surface area (Å²) in [6, 6.07) is 13.0. The van der Waals surface area contributed by atoms with Crippen LogP contribution < -0.4 is 5.43 Å². The van der Waals surface area contributed by atoms with Crippen molar-refractivity contribution in [2.75, 3.05) is 5.43 Å². The number of carbonyl (C=O) groups is 1. The van der Waals surface area contributed by atoms with Crippen molar-refractivity contribution in [1.29, 1.82) is 0 Å². The molecule has 0 saturated carbocycles. The van der Waals surface area contributed by atoms with Crippen molar-refractivity contribution >= 4 is 29.0 Å². The van der Waals surface area contributed by atoms with Gasteiger partial charge < -0.3 is 5.11 Å². The van der Waals surface area contributed by atoms with E-state index in [1.54, 1.807) is 12.3 Å². The van der Waals surface area contributed by atoms with Crippen molar-refractivity contribution < 1.29 is 9.90 Å². The maximum Gasteiger partial charge on any atom is 0.303 e. The fraction of sp³-hybridized carbons (Fsp3) is 0.235. The Morgan fingerprint density at radius 2 is 1.87 bits per heavy atom. The van der Waals surface area contributed by atoms with Crippen molar-refractivity contribution in [2.24, 2.45) is 5.10 Å². The summed E-state index contributed by atoms with van der Waals surface area (Å²) in [5.74, 6) is -0.782. The molecule has 6 heteroatoms. The summed E-state index contributed by atoms with van der Waals surface area (Å²) in [4.78, 5) is 14.9. The summed E-state index contributed by atoms with van der Waals surface area (Å²) >= 11 is 6.10. The first kappa shape index (κ1) is 17.0. The second-order valence-corrected chi connectivity index (χ2v) is 5.37. The average molecular weight is 332 g/mol. The Balaban J connectivity index is 2.08. The average Bonchev–Trinajstić information content (AvgIpc) is 2.56. The molecule has 0 amide bonds. The molecule has 23 heavy (non-hydrogen) atoms. The Morgan fingerprint density at radius 3 is 2.57 bits per heavy atom. The van der Waals surface area contributed by atoms with Gasteiger partial charge in [-0.3, -0.25) is 15.2 Å². The molecule has 0 saturated heterocycles. The van der Waals surface area contributed by atoms with Gasteiger partial charge in [0.2, 0.25) is 0 Å². The molecule has 120 valence electrons. The Hall–Kier alpha value is -2.40. The number of unbranched alkanes of at least 4 members (excludes halogenated alkanes) is 1. The molecule has 5 nitrogen and oxygen atoms in total. The topological polar surface area (TPSA) is 74.6 Å². The van der Waals surface area contributed by atoms with Crippen LogP contribution in [0.2, 0.25) is 5.02 Å². The first-order valence-corrected chi connectivity index (χ1v) is 7.75. The molecule has 1 aromatic carbocycles. The van der Waals surface area contributed by atoms with E-state index in [9.17, 15) is 4.79 Å². The van der Waals surface area contributed by atoms with Crippen molar-refractivity contribution in [3.8, 4) is 0 Å². The normalized spacial score (nSPS) is 11.3. The van der Waals surface area contributed by atoms with E-state index in [1.165, 1.54) is 0 Å². The number of rotatable bonds is 8. The lowest BCUT2D eigenvalue weighted by Crippen LogP contribution is -2.07. The highest BCUT2D eigenvalue weighted by Gasteiger charge is 2.07. The number of nitrogens with one attached hydrogen (secondary N) is 1. The number of carboxylic acid groups (broad SMARTS) is 1. The predicted octanol–water partition coefficient (Wildman–Crippen LogP) is 4.20. The molecule has 1 aromatic heterocycles. The number of carboxylic acids is 1. The van der Waals surface area contributed by atoms with Crippen LogP contribution in [0.15, 0.2) is 53.8 Å². The third-order valence-electron chi connectivity index (χ3n) is 3.20. The van der Waals surface area contributed by atoms with Gasteiger partial charge in [-0.25, -0.2) is 0 Å². The quantitative estimate of drug-likeness (QED) is 0.432. The molecule has 0 aliphatic heterocycles. The molecule has 0 atom stereocenters. The first-order valence-electron chi connectivity index (χ1n) is 7.37. The molecule has 2 N–H and O–H groups in total. The molecule has 2 rings (SSSR count). The Kier molecular flexibility index (Phi) is 6.56. The number of benzene rings is 1. The van der Waals surface area contributed by atoms with Crippen LogP contribution in [-0.2, 0) is 4.79 Å². The molecule has 0 fully saturated rings. The smallest absolute Gasteiger partial charge is 0.303 e. The van der Waals surface area contributed by atoms with Gasteiger partial charge in [0.15, 0.2) is 0 Å². The number of para-hydroxylation sites is 1. The van der Waals surface area contributed by atoms with Crippen LogP contribution in [0.5, 0.6) is 0 Å². The van der Waals surface area contributed by atoms with Crippen LogP contribution in [0.3, 0.4) is 0 Å². The first-order chi connectivity index (χ1) is 11.2. The van der Waals surface area contributed by atoms with Gasteiger partial charge >= 0.3 is 5.97 Å². The van der Waals surface area contributed by atoms with E-state index in [1.807, 2.05) is 36.4 Å². The van der Waals surface area contributed by atoms with E-state index >= 15 is 0 Å². The van der Waals surface area contributed by atoms with Crippen molar-refractivity contribution in [2.45, 2.75) is 25.7 Å². The lowest BCUT2D eigenvalue weighted by molar-refractivity contribution is -0.137. The number of aliphatic carboxylic acids is 1. The molecule has 0 radical (unpaired) electrons. The van der Waals surface area contributed by atoms with Gasteiger partial charge in [0.25, 0.3) is 0 Å². The summed E-state index contributed by atoms with van der Waals surface area (Å²) < 4.78 is 0. The fourth-order valence-corrected chi connectivity index (χ4v) is 2.20. The number of aromatic nitrogens is 1. The van der Waals surface area contributed by atoms with Crippen molar-refractivity contribution in [3.05, 3.63) is 59.4 Å². The zero-order chi connectivity index (χ0) is 16.5. The third kappa shape index (κ3) is 5.71. The Morgan fingerprint density at radius 1 is 1.13 bits per heavy atom. The van der Waals surface area contributed by atoms with Gasteiger partial charge in [-0.15, -0.1) is 0 Å². The van der Waals surface area contributed by atoms with Gasteiger partial charge in [0, 0.05) is 12.6 Å². The summed E-state index contributed by atoms with van der Waals surface area (Å²) in [5, 5.41) is 13.7. The van der Waals surface area contributed by atoms with Gasteiger partial charge in [-0.05, 0) is 43.5 Å². The molecule has 0 aliphatic rings. The third-order valence-corrected chi connectivity index (χ3v) is 3.53. The van der Waals surface area contributed by atoms with Gasteiger partial charge in [-0.1, -0.05) is 29.8 Å². The Labute approximate surface area is 140 Å². The highest BCUT2D eigenvalue weighted by atomic mass is 35.5. The minimum Gasteiger partial charge on any atom is -0.481 e. The second-order valence-electron chi connectivity index (χ2n) is 4.97. The molecule has 0 aliphatic carbocycles. The zero-order valence-corrected chi connectivity index (χ0v) is 13.3. The standard InChI is InChI=1S/C17H18ClN3O2/c18-13-7-1-2-8-14(13)20-21-16(10-3-4-11-17(22)23)15-9-5-6-12-19-15/h1-2,5-9,12,20H,3-4,10-11H2,(H,22,23). The summed E-state index contributed by atoms with van der Waals surface area (Å²) in [5.41, 5.74) is 5.22. The second kappa shape index (κ2) is 8.90. The van der Waals surface area contributed by atoms with Gasteiger partial charge in [0.1, 0.15) is 0 Å². The zero-order valence-electron chi connectivity index (χ0n) is 12.6. The molecule has 0 unspecified atom stereocenters. The van der Waals surface area contributed by atoms with Crippen molar-refractivity contribution in [1.82, 2.24) is 4.98 Å². The molecule has 0 bridgehead atoms. The summed E-state index contributed by atoms with van der Waals surface area (Å²) in [6.07, 6.45) is 3.84. The van der Waals surface area contributed by atoms with E-state index in [0.29, 0.717) is 23.6 Å². The lowest BCUT2D eigenvalue weighted by atomic mass is 10.1. The number of hydrogen-bond acceptors (Lipinski definition) is 4. The SMILES string of the molecule is O=C(O)CCCCC(=NNc1ccccc1Cl)c1ccccn1. The molecular formula is C17H18ClN3O2. The van der Waals surface area contributed by atoms with E-state index in [0.717, 1.165) is 17.8 Å². The van der Waals surface area contributed by atoms with Gasteiger partial charge in [0.05, 0.1) is 22.1 Å². The number of halogens is 1. The summed E-state index contributed by atoms with van der Waals surface area (Å²) in [6.45, 7) is 0. The lowest BCUT2D eigenvalue weighted by Gasteiger charge is -2.08. The van der Waals surface area contributed by atoms with Crippen LogP contribution in [0.4, 0.5) is 5.69 Å². The number of pyridine rings is 1. The number of anilines is 1. The molecular weight excluding hydrogens is 314 g/mol. The van der Waals surface area contributed by atoms with E-state index in [-0.39, 0.29) is 6.42 Å². The monoisotopic (exact) mass is 331 g/mol. The number of nitrogens with zero attached hydrogens (tertiary/aromatic N) is 2. The molecule has 1 heterocycles. The maximum absolute atomic E-state index is 10.6. The fourth-order valence-electron chi connectivity index (χ4n) is 2.02. The minimum atomic E-state index is -0.782. The van der Waals surface area contributed by atoms with Gasteiger partial charge in [-0.2, -0.15) is 5.10 Å². The van der Waals surface area contributed by atoms with E-state index in [2.05, 4.69) is 15.5 Å². The van der Waals surface area contributed by atoms with E-state index in [4.69, 9.17) is 16.7 Å². The van der Waals surface area contributed by atoms with Crippen LogP contribution in [0.25, 0.3) is 0 Å². The largest absolute Gasteiger partial charge is 0.481 e. The highest BCUT2D eigenvalue weighted by molar-refractivity contribution is 6.33. The van der Waals surface area contributed by atoms with E-state index < -0.39 is 5.97 Å². The van der Waals surface area contributed by atoms with Crippen molar-refractivity contribution in [3.63, 3.8) is 0 Å². The summed E-state index contributed by atoms with van der Waals surface area (Å²) in [7, 11) is 0. The predicted molar refractivity (Wildman–Crippen MR) is 92.0 cm³/mol. The Bertz CT molecular complexity index is 675. The van der Waals surface area contributed by atoms with Crippen LogP contribution in [0.1, 0.15) is 31.4 Å². The van der Waals surface area contributed by atoms with Crippen LogP contribution in [-0.4, -0.2) is 21.8 Å². The molecule has 0 spiro atoms. The number of hydrazone groups is 1. The highest BCUT2D eigenvalue weighted by Crippen LogP contribution is 2.20. The minimum absolute atomic E-state index is 0.160. The van der Waals surface area contributed by atoms with Crippen LogP contribution >= 0.6 is 11.6 Å². The maximum atomic E-state index is 10.6.